The van der Waals surface area contributed by atoms with E-state index in [1.54, 1.807) is 0 Å². The van der Waals surface area contributed by atoms with Crippen LogP contribution in [0.25, 0.3) is 0 Å². The third-order valence-electron chi connectivity index (χ3n) is 10.9. The Labute approximate surface area is 359 Å². The number of rotatable bonds is 28. The van der Waals surface area contributed by atoms with Gasteiger partial charge in [-0.05, 0) is 27.7 Å². The number of amides is 2. The Morgan fingerprint density at radius 3 is 1.23 bits per heavy atom. The topological polar surface area (TPSA) is 298 Å². The quantitative estimate of drug-likeness (QED) is 0.0344. The van der Waals surface area contributed by atoms with Gasteiger partial charge in [-0.25, -0.2) is 0 Å². The van der Waals surface area contributed by atoms with Gasteiger partial charge in [0.1, 0.15) is 12.2 Å². The van der Waals surface area contributed by atoms with Crippen LogP contribution in [-0.4, -0.2) is 227 Å². The molecule has 0 aromatic rings. The summed E-state index contributed by atoms with van der Waals surface area (Å²) >= 11 is 0. The molecule has 0 radical (unpaired) electrons. The van der Waals surface area contributed by atoms with Gasteiger partial charge in [-0.1, -0.05) is 0 Å². The Bertz CT molecular complexity index is 1230. The minimum atomic E-state index is -1.27. The number of hydrogen-bond donors (Lipinski definition) is 9. The molecule has 21 nitrogen and oxygen atoms in total. The third kappa shape index (κ3) is 17.3. The summed E-state index contributed by atoms with van der Waals surface area (Å²) in [5, 5.41) is 68.3. The largest absolute Gasteiger partial charge is 0.394 e. The van der Waals surface area contributed by atoms with Gasteiger partial charge in [-0.15, -0.1) is 0 Å². The molecule has 3 heterocycles. The van der Waals surface area contributed by atoms with Gasteiger partial charge >= 0.3 is 0 Å². The van der Waals surface area contributed by atoms with Crippen LogP contribution in [0.4, 0.5) is 0 Å². The molecule has 0 aromatic heterocycles. The summed E-state index contributed by atoms with van der Waals surface area (Å²) in [6.45, 7) is 9.22. The van der Waals surface area contributed by atoms with Crippen LogP contribution in [0.2, 0.25) is 0 Å². The molecular weight excluding hydrogens is 810 g/mol. The molecule has 3 aliphatic heterocycles. The second-order valence-electron chi connectivity index (χ2n) is 16.4. The molecule has 0 spiro atoms. The number of nitrogens with one attached hydrogen (secondary N) is 2. The molecule has 3 rings (SSSR count). The number of hydrogen-bond acceptors (Lipinski definition) is 19. The van der Waals surface area contributed by atoms with E-state index < -0.39 is 103 Å². The smallest absolute Gasteiger partial charge is 0.217 e. The molecule has 3 saturated heterocycles. The lowest BCUT2D eigenvalue weighted by molar-refractivity contribution is -0.220. The Morgan fingerprint density at radius 2 is 0.852 bits per heavy atom. The second kappa shape index (κ2) is 28.2. The van der Waals surface area contributed by atoms with E-state index in [2.05, 4.69) is 10.6 Å². The first-order chi connectivity index (χ1) is 29.1. The first kappa shape index (κ1) is 53.6. The zero-order chi connectivity index (χ0) is 45.1. The number of nitrogens with two attached hydrogens (primary N) is 1. The van der Waals surface area contributed by atoms with E-state index in [0.717, 1.165) is 0 Å². The first-order valence-electron chi connectivity index (χ1n) is 21.4. The number of aliphatic hydroxyl groups excluding tert-OH is 6. The maximum Gasteiger partial charge on any atom is 0.217 e. The molecule has 2 amide bonds. The van der Waals surface area contributed by atoms with E-state index in [1.807, 2.05) is 27.7 Å². The zero-order valence-electron chi connectivity index (χ0n) is 36.6. The molecule has 15 unspecified atom stereocenters. The predicted molar refractivity (Wildman–Crippen MR) is 215 cm³/mol. The van der Waals surface area contributed by atoms with Crippen LogP contribution in [0.3, 0.4) is 0 Å². The molecular formula is C40H75N3O18. The molecule has 0 saturated carbocycles. The maximum atomic E-state index is 12.5. The minimum absolute atomic E-state index is 0.0176. The van der Waals surface area contributed by atoms with Crippen molar-refractivity contribution in [2.75, 3.05) is 99.1 Å². The van der Waals surface area contributed by atoms with Crippen LogP contribution in [0, 0.1) is 17.8 Å². The molecule has 0 bridgehead atoms. The van der Waals surface area contributed by atoms with Gasteiger partial charge in [0, 0.05) is 31.6 Å². The van der Waals surface area contributed by atoms with Gasteiger partial charge in [-0.3, -0.25) is 9.59 Å². The summed E-state index contributed by atoms with van der Waals surface area (Å²) < 4.78 is 59.7. The standard InChI is InChI=1S/C40H75N3O18/c1-22(2)57-15-28-31(18-54-12-9-46)61-34(37(40(28)51)43-25(6)48)20-56-14-27-30(17-53-11-8-45)60-33(36(39(27)50)42-24(5)47)19-55-13-26-29(16-52-10-7-44)59-32(21-58-23(3)4)35(41)38(26)49/h22-23,26-40,44-46,49-51H,7-21,41H2,1-6H3,(H,42,47)(H,43,48). The molecule has 3 fully saturated rings. The van der Waals surface area contributed by atoms with Crippen LogP contribution < -0.4 is 16.4 Å². The van der Waals surface area contributed by atoms with Crippen LogP contribution in [0.1, 0.15) is 41.5 Å². The molecule has 15 atom stereocenters. The molecule has 0 aromatic carbocycles. The van der Waals surface area contributed by atoms with E-state index in [0.29, 0.717) is 0 Å². The Morgan fingerprint density at radius 1 is 0.508 bits per heavy atom. The van der Waals surface area contributed by atoms with Gasteiger partial charge in [0.15, 0.2) is 0 Å². The summed E-state index contributed by atoms with van der Waals surface area (Å²) in [6.07, 6.45) is -8.33. The van der Waals surface area contributed by atoms with E-state index in [4.69, 9.17) is 53.1 Å². The first-order valence-corrected chi connectivity index (χ1v) is 21.4. The number of aliphatic hydroxyl groups is 6. The zero-order valence-corrected chi connectivity index (χ0v) is 36.6. The SMILES string of the molecule is CC(=O)NC1C(COCC2C(COCCO)OC(COC(C)C)C(N)C2O)OC(COCCO)C(COCC2OC(COCCO)C(COC(C)C)C(O)C2NC(C)=O)C1O. The summed E-state index contributed by atoms with van der Waals surface area (Å²) in [4.78, 5) is 24.8. The highest BCUT2D eigenvalue weighted by atomic mass is 16.6. The molecule has 10 N–H and O–H groups in total. The fourth-order valence-corrected chi connectivity index (χ4v) is 7.77. The molecule has 61 heavy (non-hydrogen) atoms. The summed E-state index contributed by atoms with van der Waals surface area (Å²) in [5.41, 5.74) is 6.40. The predicted octanol–water partition coefficient (Wildman–Crippen LogP) is -3.53. The lowest BCUT2D eigenvalue weighted by Crippen LogP contribution is -2.65. The van der Waals surface area contributed by atoms with Crippen molar-refractivity contribution in [2.45, 2.75) is 127 Å². The van der Waals surface area contributed by atoms with E-state index in [9.17, 15) is 40.2 Å². The van der Waals surface area contributed by atoms with Gasteiger partial charge in [-0.2, -0.15) is 0 Å². The Kier molecular flexibility index (Phi) is 24.8. The summed E-state index contributed by atoms with van der Waals surface area (Å²) in [5.74, 6) is -2.91. The fraction of sp³-hybridized carbons (Fsp3) is 0.950. The average Bonchev–Trinajstić information content (AvgIpc) is 3.19. The van der Waals surface area contributed by atoms with Gasteiger partial charge in [0.05, 0.1) is 172 Å². The van der Waals surface area contributed by atoms with Crippen molar-refractivity contribution < 1.29 is 87.6 Å². The minimum Gasteiger partial charge on any atom is -0.394 e. The lowest BCUT2D eigenvalue weighted by Gasteiger charge is -2.46. The van der Waals surface area contributed by atoms with Gasteiger partial charge in [0.25, 0.3) is 0 Å². The number of ether oxygens (including phenoxy) is 10. The summed E-state index contributed by atoms with van der Waals surface area (Å²) in [7, 11) is 0. The third-order valence-corrected chi connectivity index (χ3v) is 10.9. The van der Waals surface area contributed by atoms with Crippen molar-refractivity contribution in [3.63, 3.8) is 0 Å². The van der Waals surface area contributed by atoms with Crippen LogP contribution in [0.5, 0.6) is 0 Å². The van der Waals surface area contributed by atoms with Crippen molar-refractivity contribution in [2.24, 2.45) is 23.5 Å². The average molecular weight is 886 g/mol. The van der Waals surface area contributed by atoms with Crippen molar-refractivity contribution in [3.05, 3.63) is 0 Å². The van der Waals surface area contributed by atoms with Gasteiger partial charge < -0.3 is 94.4 Å². The number of carbonyl (C=O) groups is 2. The highest BCUT2D eigenvalue weighted by molar-refractivity contribution is 5.73. The van der Waals surface area contributed by atoms with Crippen molar-refractivity contribution in [1.82, 2.24) is 10.6 Å². The molecule has 0 aliphatic carbocycles. The Hall–Kier alpha value is -1.74. The lowest BCUT2D eigenvalue weighted by atomic mass is 9.85. The van der Waals surface area contributed by atoms with E-state index >= 15 is 0 Å². The number of carbonyl (C=O) groups excluding carboxylic acids is 2. The Balaban J connectivity index is 1.77. The van der Waals surface area contributed by atoms with E-state index in [1.165, 1.54) is 13.8 Å². The van der Waals surface area contributed by atoms with Crippen LogP contribution in [-0.2, 0) is 57.0 Å². The highest BCUT2D eigenvalue weighted by Gasteiger charge is 2.49. The maximum absolute atomic E-state index is 12.5. The molecule has 3 aliphatic rings. The normalized spacial score (nSPS) is 34.5. The molecule has 358 valence electrons. The van der Waals surface area contributed by atoms with Gasteiger partial charge in [0.2, 0.25) is 11.8 Å². The molecule has 21 heteroatoms. The van der Waals surface area contributed by atoms with Crippen LogP contribution in [0.15, 0.2) is 0 Å². The second-order valence-corrected chi connectivity index (χ2v) is 16.4. The highest BCUT2D eigenvalue weighted by Crippen LogP contribution is 2.32. The van der Waals surface area contributed by atoms with Crippen LogP contribution >= 0.6 is 0 Å². The van der Waals surface area contributed by atoms with Crippen molar-refractivity contribution in [1.29, 1.82) is 0 Å². The van der Waals surface area contributed by atoms with Crippen molar-refractivity contribution in [3.8, 4) is 0 Å². The summed E-state index contributed by atoms with van der Waals surface area (Å²) in [6, 6.07) is -2.71. The van der Waals surface area contributed by atoms with Crippen molar-refractivity contribution >= 4 is 11.8 Å². The monoisotopic (exact) mass is 886 g/mol. The fourth-order valence-electron chi connectivity index (χ4n) is 7.77. The van der Waals surface area contributed by atoms with E-state index in [-0.39, 0.29) is 111 Å².